The second-order valence-corrected chi connectivity index (χ2v) is 4.47. The first-order valence-electron chi connectivity index (χ1n) is 5.88. The Kier molecular flexibility index (Phi) is 4.78. The number of carbonyl (C=O) groups excluding carboxylic acids is 1. The molecule has 1 aliphatic heterocycles. The van der Waals surface area contributed by atoms with Gasteiger partial charge in [-0.15, -0.1) is 0 Å². The molecule has 6 heteroatoms. The summed E-state index contributed by atoms with van der Waals surface area (Å²) in [5, 5.41) is 3.81. The molecule has 0 aromatic carbocycles. The quantitative estimate of drug-likeness (QED) is 0.329. The predicted molar refractivity (Wildman–Crippen MR) is 62.0 cm³/mol. The average molecular weight is 241 g/mol. The van der Waals surface area contributed by atoms with E-state index in [0.29, 0.717) is 0 Å². The Hall–Kier alpha value is -1.26. The highest BCUT2D eigenvalue weighted by Crippen LogP contribution is 2.34. The molecule has 2 unspecified atom stereocenters. The van der Waals surface area contributed by atoms with E-state index >= 15 is 0 Å². The number of carbonyl (C=O) groups is 1. The number of hydrogen-bond donors (Lipinski definition) is 0. The minimum absolute atomic E-state index is 0.0500. The van der Waals surface area contributed by atoms with Gasteiger partial charge in [0.05, 0.1) is 12.1 Å². The summed E-state index contributed by atoms with van der Waals surface area (Å²) >= 11 is 0. The Morgan fingerprint density at radius 1 is 1.47 bits per heavy atom. The zero-order chi connectivity index (χ0) is 13.0. The van der Waals surface area contributed by atoms with Crippen LogP contribution in [-0.2, 0) is 14.3 Å². The van der Waals surface area contributed by atoms with Crippen LogP contribution in [0, 0.1) is 11.8 Å². The predicted octanol–water partition coefficient (Wildman–Crippen LogP) is 2.64. The molecule has 1 saturated heterocycles. The van der Waals surface area contributed by atoms with Crippen molar-refractivity contribution in [1.29, 1.82) is 0 Å². The highest BCUT2D eigenvalue weighted by Gasteiger charge is 2.41. The first-order chi connectivity index (χ1) is 8.01. The van der Waals surface area contributed by atoms with Crippen LogP contribution in [0.5, 0.6) is 0 Å². The van der Waals surface area contributed by atoms with Gasteiger partial charge in [-0.3, -0.25) is 4.79 Å². The summed E-state index contributed by atoms with van der Waals surface area (Å²) in [6.07, 6.45) is 0.124. The van der Waals surface area contributed by atoms with Crippen LogP contribution in [-0.4, -0.2) is 24.4 Å². The molecular formula is C11H19N3O3. The van der Waals surface area contributed by atoms with Crippen molar-refractivity contribution in [3.63, 3.8) is 0 Å². The molecule has 0 N–H and O–H groups in total. The molecule has 1 rings (SSSR count). The third-order valence-electron chi connectivity index (χ3n) is 3.27. The van der Waals surface area contributed by atoms with E-state index in [4.69, 9.17) is 15.0 Å². The van der Waals surface area contributed by atoms with Crippen LogP contribution in [0.3, 0.4) is 0 Å². The molecule has 0 aromatic rings. The van der Waals surface area contributed by atoms with Gasteiger partial charge in [-0.25, -0.2) is 0 Å². The van der Waals surface area contributed by atoms with Crippen LogP contribution in [0.4, 0.5) is 0 Å². The molecule has 5 atom stereocenters. The van der Waals surface area contributed by atoms with Crippen molar-refractivity contribution in [1.82, 2.24) is 0 Å². The Balaban J connectivity index is 2.88. The maximum atomic E-state index is 11.0. The van der Waals surface area contributed by atoms with Crippen LogP contribution in [0.15, 0.2) is 5.11 Å². The van der Waals surface area contributed by atoms with Gasteiger partial charge in [-0.05, 0) is 17.9 Å². The van der Waals surface area contributed by atoms with E-state index in [1.807, 2.05) is 20.8 Å². The van der Waals surface area contributed by atoms with Crippen LogP contribution in [0.2, 0.25) is 0 Å². The number of esters is 1. The smallest absolute Gasteiger partial charge is 0.304 e. The van der Waals surface area contributed by atoms with Gasteiger partial charge in [0.15, 0.2) is 0 Å². The van der Waals surface area contributed by atoms with Crippen molar-refractivity contribution in [3.8, 4) is 0 Å². The largest absolute Gasteiger partial charge is 0.436 e. The fraction of sp³-hybridized carbons (Fsp3) is 0.909. The molecule has 0 aliphatic carbocycles. The van der Waals surface area contributed by atoms with Crippen molar-refractivity contribution >= 4 is 5.97 Å². The Morgan fingerprint density at radius 3 is 2.59 bits per heavy atom. The molecule has 1 heterocycles. The first kappa shape index (κ1) is 13.8. The van der Waals surface area contributed by atoms with E-state index in [0.717, 1.165) is 6.42 Å². The van der Waals surface area contributed by atoms with Crippen molar-refractivity contribution in [3.05, 3.63) is 10.4 Å². The normalized spacial score (nSPS) is 37.1. The highest BCUT2D eigenvalue weighted by molar-refractivity contribution is 5.66. The molecule has 1 fully saturated rings. The molecule has 0 bridgehead atoms. The topological polar surface area (TPSA) is 84.3 Å². The van der Waals surface area contributed by atoms with Crippen molar-refractivity contribution in [2.24, 2.45) is 17.0 Å². The summed E-state index contributed by atoms with van der Waals surface area (Å²) in [6.45, 7) is 7.20. The summed E-state index contributed by atoms with van der Waals surface area (Å²) in [6, 6.07) is -0.206. The summed E-state index contributed by atoms with van der Waals surface area (Å²) in [7, 11) is 0. The molecule has 0 spiro atoms. The standard InChI is InChI=1S/C11H19N3O3/c1-5-9-6(2)10(13-14-12)7(3)11(17-9)16-8(4)15/h6-7,9-11H,5H2,1-4H3/t6-,7?,9?,10+,11+/m1/s1. The maximum absolute atomic E-state index is 11.0. The number of rotatable bonds is 3. The van der Waals surface area contributed by atoms with Gasteiger partial charge >= 0.3 is 5.97 Å². The third-order valence-corrected chi connectivity index (χ3v) is 3.27. The molecule has 0 amide bonds. The van der Waals surface area contributed by atoms with Crippen LogP contribution >= 0.6 is 0 Å². The molecular weight excluding hydrogens is 222 g/mol. The summed E-state index contributed by atoms with van der Waals surface area (Å²) < 4.78 is 10.8. The van der Waals surface area contributed by atoms with Crippen molar-refractivity contribution in [2.75, 3.05) is 0 Å². The molecule has 0 saturated carbocycles. The number of azide groups is 1. The second-order valence-electron chi connectivity index (χ2n) is 4.47. The maximum Gasteiger partial charge on any atom is 0.304 e. The van der Waals surface area contributed by atoms with Gasteiger partial charge in [0, 0.05) is 17.8 Å². The summed E-state index contributed by atoms with van der Waals surface area (Å²) in [4.78, 5) is 13.9. The van der Waals surface area contributed by atoms with Gasteiger partial charge in [0.2, 0.25) is 6.29 Å². The van der Waals surface area contributed by atoms with Crippen molar-refractivity contribution < 1.29 is 14.3 Å². The first-order valence-corrected chi connectivity index (χ1v) is 5.88. The Morgan fingerprint density at radius 2 is 2.12 bits per heavy atom. The minimum Gasteiger partial charge on any atom is -0.436 e. The fourth-order valence-electron chi connectivity index (χ4n) is 2.32. The van der Waals surface area contributed by atoms with E-state index in [2.05, 4.69) is 10.0 Å². The average Bonchev–Trinajstić information content (AvgIpc) is 2.27. The number of ether oxygens (including phenoxy) is 2. The Bertz CT molecular complexity index is 328. The van der Waals surface area contributed by atoms with Gasteiger partial charge in [0.1, 0.15) is 0 Å². The highest BCUT2D eigenvalue weighted by atomic mass is 16.7. The van der Waals surface area contributed by atoms with Gasteiger partial charge in [-0.1, -0.05) is 25.9 Å². The molecule has 1 aliphatic rings. The van der Waals surface area contributed by atoms with Crippen LogP contribution in [0.1, 0.15) is 34.1 Å². The third kappa shape index (κ3) is 3.11. The monoisotopic (exact) mass is 241 g/mol. The zero-order valence-corrected chi connectivity index (χ0v) is 10.7. The molecule has 0 radical (unpaired) electrons. The van der Waals surface area contributed by atoms with E-state index in [1.165, 1.54) is 6.92 Å². The zero-order valence-electron chi connectivity index (χ0n) is 10.7. The second kappa shape index (κ2) is 5.89. The van der Waals surface area contributed by atoms with Crippen LogP contribution in [0.25, 0.3) is 10.4 Å². The number of hydrogen-bond acceptors (Lipinski definition) is 4. The molecule has 17 heavy (non-hydrogen) atoms. The van der Waals surface area contributed by atoms with Gasteiger partial charge in [-0.2, -0.15) is 0 Å². The van der Waals surface area contributed by atoms with E-state index in [9.17, 15) is 4.79 Å². The lowest BCUT2D eigenvalue weighted by atomic mass is 9.83. The molecule has 96 valence electrons. The van der Waals surface area contributed by atoms with Crippen LogP contribution < -0.4 is 0 Å². The van der Waals surface area contributed by atoms with Gasteiger partial charge in [0.25, 0.3) is 0 Å². The fourth-order valence-corrected chi connectivity index (χ4v) is 2.32. The van der Waals surface area contributed by atoms with E-state index in [-0.39, 0.29) is 30.0 Å². The lowest BCUT2D eigenvalue weighted by Crippen LogP contribution is -2.49. The lowest BCUT2D eigenvalue weighted by Gasteiger charge is -2.42. The van der Waals surface area contributed by atoms with Gasteiger partial charge < -0.3 is 9.47 Å². The minimum atomic E-state index is -0.621. The Labute approximate surface area is 101 Å². The molecule has 6 nitrogen and oxygen atoms in total. The van der Waals surface area contributed by atoms with E-state index in [1.54, 1.807) is 0 Å². The number of nitrogens with zero attached hydrogens (tertiary/aromatic N) is 3. The summed E-state index contributed by atoms with van der Waals surface area (Å²) in [5.41, 5.74) is 8.59. The van der Waals surface area contributed by atoms with Crippen molar-refractivity contribution in [2.45, 2.75) is 52.6 Å². The lowest BCUT2D eigenvalue weighted by molar-refractivity contribution is -0.232. The molecule has 0 aromatic heterocycles. The summed E-state index contributed by atoms with van der Waals surface area (Å²) in [5.74, 6) is -0.392. The van der Waals surface area contributed by atoms with E-state index < -0.39 is 6.29 Å². The SMILES string of the molecule is CCC1O[C@H](OC(C)=O)C(C)[C@@H](N=[N+]=[N-])[C@@H]1C.